The van der Waals surface area contributed by atoms with Crippen molar-refractivity contribution in [1.29, 1.82) is 0 Å². The van der Waals surface area contributed by atoms with Gasteiger partial charge in [0.1, 0.15) is 0 Å². The Labute approximate surface area is 108 Å². The summed E-state index contributed by atoms with van der Waals surface area (Å²) in [6.07, 6.45) is 1.96. The molecule has 1 aliphatic heterocycles. The zero-order valence-electron chi connectivity index (χ0n) is 10.0. The molecule has 1 amide bonds. The average molecular weight is 275 g/mol. The summed E-state index contributed by atoms with van der Waals surface area (Å²) >= 11 is 1.52. The van der Waals surface area contributed by atoms with Crippen molar-refractivity contribution in [1.82, 2.24) is 15.2 Å². The summed E-state index contributed by atoms with van der Waals surface area (Å²) in [5, 5.41) is 5.38. The van der Waals surface area contributed by atoms with Crippen molar-refractivity contribution in [3.8, 4) is 0 Å². The molecular weight excluding hydrogens is 260 g/mol. The summed E-state index contributed by atoms with van der Waals surface area (Å²) in [6, 6.07) is -0.763. The minimum Gasteiger partial charge on any atom is -0.344 e. The number of rotatable bonds is 4. The Hall–Kier alpha value is -1.08. The van der Waals surface area contributed by atoms with E-state index in [1.807, 2.05) is 5.38 Å². The molecule has 1 atom stereocenters. The first-order valence-corrected chi connectivity index (χ1v) is 6.60. The van der Waals surface area contributed by atoms with Crippen LogP contribution in [-0.4, -0.2) is 47.9 Å². The highest BCUT2D eigenvalue weighted by Crippen LogP contribution is 2.25. The molecule has 100 valence electrons. The first-order valence-electron chi connectivity index (χ1n) is 5.72. The number of alkyl halides is 2. The van der Waals surface area contributed by atoms with E-state index in [1.54, 1.807) is 13.2 Å². The van der Waals surface area contributed by atoms with E-state index in [0.29, 0.717) is 13.0 Å². The quantitative estimate of drug-likeness (QED) is 0.896. The first-order chi connectivity index (χ1) is 8.48. The minimum absolute atomic E-state index is 0.274. The van der Waals surface area contributed by atoms with Crippen LogP contribution in [0.5, 0.6) is 0 Å². The van der Waals surface area contributed by atoms with Crippen molar-refractivity contribution in [2.45, 2.75) is 24.8 Å². The smallest absolute Gasteiger partial charge is 0.262 e. The third kappa shape index (κ3) is 3.23. The molecule has 0 spiro atoms. The van der Waals surface area contributed by atoms with Crippen molar-refractivity contribution in [3.63, 3.8) is 0 Å². The van der Waals surface area contributed by atoms with Gasteiger partial charge < -0.3 is 4.90 Å². The number of halogens is 2. The molecule has 0 saturated carbocycles. The molecule has 2 heterocycles. The number of likely N-dealkylation sites (N-methyl/N-ethyl adjacent to an activating group) is 1. The summed E-state index contributed by atoms with van der Waals surface area (Å²) in [5.41, 5.74) is 0. The summed E-state index contributed by atoms with van der Waals surface area (Å²) in [6.45, 7) is 0.0832. The van der Waals surface area contributed by atoms with E-state index in [9.17, 15) is 13.6 Å². The average Bonchev–Trinajstić information content (AvgIpc) is 2.94. The van der Waals surface area contributed by atoms with Gasteiger partial charge in [-0.25, -0.2) is 13.8 Å². The van der Waals surface area contributed by atoms with Crippen LogP contribution in [0.15, 0.2) is 11.6 Å². The van der Waals surface area contributed by atoms with Gasteiger partial charge in [0.2, 0.25) is 5.91 Å². The van der Waals surface area contributed by atoms with Crippen molar-refractivity contribution < 1.29 is 13.6 Å². The van der Waals surface area contributed by atoms with Gasteiger partial charge >= 0.3 is 0 Å². The second-order valence-corrected chi connectivity index (χ2v) is 5.41. The highest BCUT2D eigenvalue weighted by Gasteiger charge is 2.42. The van der Waals surface area contributed by atoms with E-state index in [-0.39, 0.29) is 5.91 Å². The van der Waals surface area contributed by atoms with Crippen molar-refractivity contribution in [2.24, 2.45) is 0 Å². The second kappa shape index (κ2) is 5.27. The fraction of sp³-hybridized carbons (Fsp3) is 0.636. The van der Waals surface area contributed by atoms with Crippen LogP contribution >= 0.6 is 11.3 Å². The molecule has 0 aliphatic carbocycles. The van der Waals surface area contributed by atoms with Gasteiger partial charge in [0.15, 0.2) is 0 Å². The zero-order valence-corrected chi connectivity index (χ0v) is 10.8. The normalized spacial score (nSPS) is 22.1. The van der Waals surface area contributed by atoms with Gasteiger partial charge in [-0.1, -0.05) is 0 Å². The Kier molecular flexibility index (Phi) is 3.91. The van der Waals surface area contributed by atoms with E-state index in [0.717, 1.165) is 5.01 Å². The number of nitrogens with zero attached hydrogens (tertiary/aromatic N) is 2. The monoisotopic (exact) mass is 275 g/mol. The highest BCUT2D eigenvalue weighted by molar-refractivity contribution is 7.09. The van der Waals surface area contributed by atoms with Gasteiger partial charge in [-0.2, -0.15) is 0 Å². The number of hydrogen-bond acceptors (Lipinski definition) is 4. The molecule has 1 unspecified atom stereocenters. The largest absolute Gasteiger partial charge is 0.344 e. The molecule has 1 aliphatic rings. The highest BCUT2D eigenvalue weighted by atomic mass is 32.1. The Morgan fingerprint density at radius 2 is 2.50 bits per heavy atom. The number of thiazole rings is 1. The Bertz CT molecular complexity index is 410. The maximum atomic E-state index is 13.0. The number of aromatic nitrogens is 1. The van der Waals surface area contributed by atoms with Crippen molar-refractivity contribution in [2.75, 3.05) is 20.1 Å². The van der Waals surface area contributed by atoms with Gasteiger partial charge in [-0.3, -0.25) is 10.1 Å². The van der Waals surface area contributed by atoms with Crippen LogP contribution in [0.1, 0.15) is 11.4 Å². The second-order valence-electron chi connectivity index (χ2n) is 4.43. The molecule has 1 aromatic heterocycles. The predicted octanol–water partition coefficient (Wildman–Crippen LogP) is 1.14. The summed E-state index contributed by atoms with van der Waals surface area (Å²) < 4.78 is 26.0. The van der Waals surface area contributed by atoms with Crippen LogP contribution in [-0.2, 0) is 11.2 Å². The summed E-state index contributed by atoms with van der Waals surface area (Å²) in [4.78, 5) is 17.5. The molecule has 4 nitrogen and oxygen atoms in total. The van der Waals surface area contributed by atoms with Crippen LogP contribution in [0, 0.1) is 0 Å². The number of amides is 1. The lowest BCUT2D eigenvalue weighted by Gasteiger charge is -2.20. The van der Waals surface area contributed by atoms with Gasteiger partial charge in [-0.05, 0) is 0 Å². The summed E-state index contributed by atoms with van der Waals surface area (Å²) in [5.74, 6) is -3.04. The predicted molar refractivity (Wildman–Crippen MR) is 64.8 cm³/mol. The first kappa shape index (κ1) is 13.4. The van der Waals surface area contributed by atoms with Gasteiger partial charge in [-0.15, -0.1) is 11.3 Å². The maximum absolute atomic E-state index is 13.0. The van der Waals surface area contributed by atoms with E-state index in [1.165, 1.54) is 16.2 Å². The topological polar surface area (TPSA) is 45.2 Å². The number of carbonyl (C=O) groups is 1. The molecule has 18 heavy (non-hydrogen) atoms. The van der Waals surface area contributed by atoms with E-state index >= 15 is 0 Å². The minimum atomic E-state index is -2.77. The number of nitrogens with one attached hydrogen (secondary N) is 1. The van der Waals surface area contributed by atoms with Crippen molar-refractivity contribution >= 4 is 17.2 Å². The molecule has 7 heteroatoms. The van der Waals surface area contributed by atoms with Crippen LogP contribution in [0.2, 0.25) is 0 Å². The van der Waals surface area contributed by atoms with Gasteiger partial charge in [0.05, 0.1) is 17.6 Å². The number of carbonyl (C=O) groups excluding carboxylic acids is 1. The number of hydrogen-bond donors (Lipinski definition) is 1. The lowest BCUT2D eigenvalue weighted by molar-refractivity contribution is -0.132. The summed E-state index contributed by atoms with van der Waals surface area (Å²) in [7, 11) is 1.63. The maximum Gasteiger partial charge on any atom is 0.262 e. The molecule has 2 rings (SSSR count). The fourth-order valence-corrected chi connectivity index (χ4v) is 2.52. The molecule has 1 aromatic rings. The SMILES string of the molecule is CN(CCc1nccs1)C(=O)C1CC(F)(F)CN1. The van der Waals surface area contributed by atoms with Crippen LogP contribution < -0.4 is 5.32 Å². The van der Waals surface area contributed by atoms with Gasteiger partial charge in [0, 0.05) is 38.0 Å². The van der Waals surface area contributed by atoms with E-state index in [2.05, 4.69) is 10.3 Å². The van der Waals surface area contributed by atoms with Crippen LogP contribution in [0.4, 0.5) is 8.78 Å². The van der Waals surface area contributed by atoms with Crippen molar-refractivity contribution in [3.05, 3.63) is 16.6 Å². The Balaban J connectivity index is 1.82. The molecule has 1 N–H and O–H groups in total. The third-order valence-electron chi connectivity index (χ3n) is 2.93. The van der Waals surface area contributed by atoms with Crippen LogP contribution in [0.25, 0.3) is 0 Å². The molecule has 1 fully saturated rings. The standard InChI is InChI=1S/C11H15F2N3OS/c1-16(4-2-9-14-3-5-18-9)10(17)8-6-11(12,13)7-15-8/h3,5,8,15H,2,4,6-7H2,1H3. The molecule has 0 bridgehead atoms. The molecule has 1 saturated heterocycles. The molecular formula is C11H15F2N3OS. The molecule has 0 aromatic carbocycles. The lowest BCUT2D eigenvalue weighted by atomic mass is 10.1. The fourth-order valence-electron chi connectivity index (χ4n) is 1.91. The van der Waals surface area contributed by atoms with E-state index < -0.39 is 24.9 Å². The third-order valence-corrected chi connectivity index (χ3v) is 3.77. The Morgan fingerprint density at radius 3 is 3.06 bits per heavy atom. The Morgan fingerprint density at radius 1 is 1.72 bits per heavy atom. The lowest BCUT2D eigenvalue weighted by Crippen LogP contribution is -2.42. The molecule has 0 radical (unpaired) electrons. The van der Waals surface area contributed by atoms with Crippen LogP contribution in [0.3, 0.4) is 0 Å². The zero-order chi connectivity index (χ0) is 13.2. The van der Waals surface area contributed by atoms with E-state index in [4.69, 9.17) is 0 Å². The van der Waals surface area contributed by atoms with Gasteiger partial charge in [0.25, 0.3) is 5.92 Å².